The Morgan fingerprint density at radius 2 is 2.11 bits per heavy atom. The predicted molar refractivity (Wildman–Crippen MR) is 72.5 cm³/mol. The Labute approximate surface area is 115 Å². The fourth-order valence-corrected chi connectivity index (χ4v) is 1.94. The molecule has 4 nitrogen and oxygen atoms in total. The standard InChI is InChI=1S/C13H16BrNO3/c1-3-8(2)11(13(17)18)15-12(16)9-5-4-6-10(14)7-9/h4-8,11H,3H2,1-2H3,(H,15,16)(H,17,18)/t8-,11+/m0/s1. The Kier molecular flexibility index (Phi) is 5.34. The summed E-state index contributed by atoms with van der Waals surface area (Å²) < 4.78 is 0.783. The van der Waals surface area contributed by atoms with Crippen molar-refractivity contribution in [3.63, 3.8) is 0 Å². The van der Waals surface area contributed by atoms with E-state index in [2.05, 4.69) is 21.2 Å². The van der Waals surface area contributed by atoms with Crippen LogP contribution >= 0.6 is 15.9 Å². The van der Waals surface area contributed by atoms with Gasteiger partial charge in [-0.1, -0.05) is 42.3 Å². The third-order valence-corrected chi connectivity index (χ3v) is 3.35. The van der Waals surface area contributed by atoms with E-state index < -0.39 is 12.0 Å². The van der Waals surface area contributed by atoms with Gasteiger partial charge in [-0.15, -0.1) is 0 Å². The van der Waals surface area contributed by atoms with Gasteiger partial charge in [0, 0.05) is 10.0 Å². The highest BCUT2D eigenvalue weighted by Gasteiger charge is 2.25. The molecule has 0 aliphatic carbocycles. The first-order valence-corrected chi connectivity index (χ1v) is 6.54. The van der Waals surface area contributed by atoms with Gasteiger partial charge in [-0.05, 0) is 24.1 Å². The minimum Gasteiger partial charge on any atom is -0.480 e. The number of carbonyl (C=O) groups excluding carboxylic acids is 1. The summed E-state index contributed by atoms with van der Waals surface area (Å²) in [6, 6.07) is 5.99. The summed E-state index contributed by atoms with van der Waals surface area (Å²) in [4.78, 5) is 23.0. The van der Waals surface area contributed by atoms with E-state index in [-0.39, 0.29) is 11.8 Å². The highest BCUT2D eigenvalue weighted by Crippen LogP contribution is 2.13. The SMILES string of the molecule is CC[C@H](C)[C@@H](NC(=O)c1cccc(Br)c1)C(=O)O. The van der Waals surface area contributed by atoms with E-state index in [0.29, 0.717) is 12.0 Å². The molecule has 0 spiro atoms. The largest absolute Gasteiger partial charge is 0.480 e. The minimum atomic E-state index is -1.01. The third-order valence-electron chi connectivity index (χ3n) is 2.85. The number of hydrogen-bond donors (Lipinski definition) is 2. The van der Waals surface area contributed by atoms with E-state index >= 15 is 0 Å². The molecule has 2 atom stereocenters. The van der Waals surface area contributed by atoms with Gasteiger partial charge in [-0.3, -0.25) is 4.79 Å². The summed E-state index contributed by atoms with van der Waals surface area (Å²) in [5.74, 6) is -1.49. The number of aliphatic carboxylic acids is 1. The van der Waals surface area contributed by atoms with Gasteiger partial charge in [0.2, 0.25) is 0 Å². The minimum absolute atomic E-state index is 0.112. The van der Waals surface area contributed by atoms with Crippen molar-refractivity contribution in [1.29, 1.82) is 0 Å². The molecule has 18 heavy (non-hydrogen) atoms. The molecule has 0 aliphatic rings. The van der Waals surface area contributed by atoms with Gasteiger partial charge < -0.3 is 10.4 Å². The lowest BCUT2D eigenvalue weighted by Gasteiger charge is -2.20. The maximum Gasteiger partial charge on any atom is 0.326 e. The van der Waals surface area contributed by atoms with E-state index in [1.165, 1.54) is 0 Å². The summed E-state index contributed by atoms with van der Waals surface area (Å²) in [5.41, 5.74) is 0.443. The molecule has 0 radical (unpaired) electrons. The summed E-state index contributed by atoms with van der Waals surface area (Å²) in [5, 5.41) is 11.7. The van der Waals surface area contributed by atoms with Gasteiger partial charge in [-0.25, -0.2) is 4.79 Å². The maximum atomic E-state index is 11.9. The van der Waals surface area contributed by atoms with Gasteiger partial charge in [0.25, 0.3) is 5.91 Å². The zero-order chi connectivity index (χ0) is 13.7. The first-order valence-electron chi connectivity index (χ1n) is 5.75. The first-order chi connectivity index (χ1) is 8.45. The average Bonchev–Trinajstić information content (AvgIpc) is 2.34. The van der Waals surface area contributed by atoms with E-state index in [0.717, 1.165) is 4.47 Å². The molecule has 0 saturated heterocycles. The molecule has 0 saturated carbocycles. The monoisotopic (exact) mass is 313 g/mol. The first kappa shape index (κ1) is 14.7. The van der Waals surface area contributed by atoms with Crippen LogP contribution in [0.25, 0.3) is 0 Å². The van der Waals surface area contributed by atoms with Crippen LogP contribution in [0.3, 0.4) is 0 Å². The van der Waals surface area contributed by atoms with E-state index in [4.69, 9.17) is 5.11 Å². The van der Waals surface area contributed by atoms with Crippen molar-refractivity contribution in [3.05, 3.63) is 34.3 Å². The van der Waals surface area contributed by atoms with Crippen LogP contribution in [-0.2, 0) is 4.79 Å². The van der Waals surface area contributed by atoms with Crippen LogP contribution in [0.15, 0.2) is 28.7 Å². The van der Waals surface area contributed by atoms with Crippen molar-refractivity contribution in [2.45, 2.75) is 26.3 Å². The van der Waals surface area contributed by atoms with Crippen molar-refractivity contribution in [2.24, 2.45) is 5.92 Å². The molecule has 0 unspecified atom stereocenters. The van der Waals surface area contributed by atoms with Crippen molar-refractivity contribution in [1.82, 2.24) is 5.32 Å². The zero-order valence-corrected chi connectivity index (χ0v) is 11.9. The number of carboxylic acid groups (broad SMARTS) is 1. The quantitative estimate of drug-likeness (QED) is 0.878. The third kappa shape index (κ3) is 3.84. The van der Waals surface area contributed by atoms with Gasteiger partial charge in [0.15, 0.2) is 0 Å². The molecular weight excluding hydrogens is 298 g/mol. The van der Waals surface area contributed by atoms with Crippen molar-refractivity contribution < 1.29 is 14.7 Å². The maximum absolute atomic E-state index is 11.9. The zero-order valence-electron chi connectivity index (χ0n) is 10.3. The summed E-state index contributed by atoms with van der Waals surface area (Å²) in [6.45, 7) is 3.70. The number of hydrogen-bond acceptors (Lipinski definition) is 2. The number of rotatable bonds is 5. The molecule has 0 aliphatic heterocycles. The highest BCUT2D eigenvalue weighted by molar-refractivity contribution is 9.10. The number of benzene rings is 1. The van der Waals surface area contributed by atoms with Gasteiger partial charge in [0.1, 0.15) is 6.04 Å². The van der Waals surface area contributed by atoms with Crippen molar-refractivity contribution in [2.75, 3.05) is 0 Å². The number of carboxylic acids is 1. The van der Waals surface area contributed by atoms with Crippen molar-refractivity contribution in [3.8, 4) is 0 Å². The molecule has 1 rings (SSSR count). The summed E-state index contributed by atoms with van der Waals surface area (Å²) in [7, 11) is 0. The van der Waals surface area contributed by atoms with E-state index in [9.17, 15) is 9.59 Å². The Morgan fingerprint density at radius 3 is 2.61 bits per heavy atom. The molecule has 0 aromatic heterocycles. The van der Waals surface area contributed by atoms with E-state index in [1.54, 1.807) is 31.2 Å². The van der Waals surface area contributed by atoms with Crippen LogP contribution in [-0.4, -0.2) is 23.0 Å². The molecule has 5 heteroatoms. The van der Waals surface area contributed by atoms with Gasteiger partial charge >= 0.3 is 5.97 Å². The molecule has 0 fully saturated rings. The second kappa shape index (κ2) is 6.54. The lowest BCUT2D eigenvalue weighted by molar-refractivity contribution is -0.140. The Bertz CT molecular complexity index is 448. The molecular formula is C13H16BrNO3. The predicted octanol–water partition coefficient (Wildman–Crippen LogP) is 2.68. The lowest BCUT2D eigenvalue weighted by Crippen LogP contribution is -2.45. The molecule has 1 amide bonds. The fraction of sp³-hybridized carbons (Fsp3) is 0.385. The normalized spacial score (nSPS) is 13.7. The van der Waals surface area contributed by atoms with Crippen LogP contribution in [0, 0.1) is 5.92 Å². The summed E-state index contributed by atoms with van der Waals surface area (Å²) in [6.07, 6.45) is 0.690. The Balaban J connectivity index is 2.82. The van der Waals surface area contributed by atoms with Crippen LogP contribution in [0.4, 0.5) is 0 Å². The number of amides is 1. The number of halogens is 1. The van der Waals surface area contributed by atoms with Crippen molar-refractivity contribution >= 4 is 27.8 Å². The van der Waals surface area contributed by atoms with Gasteiger partial charge in [0.05, 0.1) is 0 Å². The van der Waals surface area contributed by atoms with Crippen LogP contribution < -0.4 is 5.32 Å². The molecule has 2 N–H and O–H groups in total. The lowest BCUT2D eigenvalue weighted by atomic mass is 9.99. The molecule has 0 bridgehead atoms. The second-order valence-corrected chi connectivity index (χ2v) is 5.10. The topological polar surface area (TPSA) is 66.4 Å². The van der Waals surface area contributed by atoms with Crippen LogP contribution in [0.2, 0.25) is 0 Å². The molecule has 0 heterocycles. The average molecular weight is 314 g/mol. The second-order valence-electron chi connectivity index (χ2n) is 4.19. The smallest absolute Gasteiger partial charge is 0.326 e. The van der Waals surface area contributed by atoms with Crippen LogP contribution in [0.1, 0.15) is 30.6 Å². The molecule has 98 valence electrons. The fourth-order valence-electron chi connectivity index (χ4n) is 1.54. The number of carbonyl (C=O) groups is 2. The Hall–Kier alpha value is -1.36. The van der Waals surface area contributed by atoms with E-state index in [1.807, 2.05) is 6.92 Å². The highest BCUT2D eigenvalue weighted by atomic mass is 79.9. The Morgan fingerprint density at radius 1 is 1.44 bits per heavy atom. The number of nitrogens with one attached hydrogen (secondary N) is 1. The molecule has 1 aromatic rings. The summed E-state index contributed by atoms with van der Waals surface area (Å²) >= 11 is 3.27. The molecule has 1 aromatic carbocycles. The van der Waals surface area contributed by atoms with Crippen LogP contribution in [0.5, 0.6) is 0 Å². The van der Waals surface area contributed by atoms with Gasteiger partial charge in [-0.2, -0.15) is 0 Å².